The number of aromatic nitrogens is 2. The zero-order valence-electron chi connectivity index (χ0n) is 14.3. The van der Waals surface area contributed by atoms with Crippen LogP contribution in [0.25, 0.3) is 33.3 Å². The van der Waals surface area contributed by atoms with E-state index in [0.29, 0.717) is 0 Å². The van der Waals surface area contributed by atoms with E-state index < -0.39 is 0 Å². The first-order valence-corrected chi connectivity index (χ1v) is 8.32. The van der Waals surface area contributed by atoms with Gasteiger partial charge >= 0.3 is 0 Å². The molecule has 0 unspecified atom stereocenters. The van der Waals surface area contributed by atoms with E-state index >= 15 is 0 Å². The molecule has 0 aliphatic carbocycles. The van der Waals surface area contributed by atoms with Gasteiger partial charge in [0, 0.05) is 11.8 Å². The molecule has 122 valence electrons. The maximum Gasteiger partial charge on any atom is 0.198 e. The second-order valence-corrected chi connectivity index (χ2v) is 6.78. The van der Waals surface area contributed by atoms with E-state index in [9.17, 15) is 0 Å². The summed E-state index contributed by atoms with van der Waals surface area (Å²) < 4.78 is 11.7. The Labute approximate surface area is 140 Å². The highest BCUT2D eigenvalue weighted by atomic mass is 16.4. The summed E-state index contributed by atoms with van der Waals surface area (Å²) in [7, 11) is 0. The molecule has 0 saturated heterocycles. The van der Waals surface area contributed by atoms with Crippen LogP contribution in [-0.4, -0.2) is 9.97 Å². The van der Waals surface area contributed by atoms with Crippen molar-refractivity contribution in [2.24, 2.45) is 0 Å². The first-order chi connectivity index (χ1) is 11.5. The maximum atomic E-state index is 5.87. The third-order valence-corrected chi connectivity index (χ3v) is 4.13. The van der Waals surface area contributed by atoms with Crippen molar-refractivity contribution >= 4 is 22.2 Å². The molecule has 4 aromatic rings. The van der Waals surface area contributed by atoms with E-state index in [1.54, 1.807) is 0 Å². The Morgan fingerprint density at radius 2 is 1.08 bits per heavy atom. The van der Waals surface area contributed by atoms with Crippen LogP contribution < -0.4 is 0 Å². The molecule has 0 aliphatic rings. The van der Waals surface area contributed by atoms with Crippen LogP contribution in [0.5, 0.6) is 0 Å². The van der Waals surface area contributed by atoms with Gasteiger partial charge in [-0.2, -0.15) is 0 Å². The molecule has 0 spiro atoms. The van der Waals surface area contributed by atoms with Crippen molar-refractivity contribution in [3.63, 3.8) is 0 Å². The molecule has 4 nitrogen and oxygen atoms in total. The highest BCUT2D eigenvalue weighted by Gasteiger charge is 2.12. The summed E-state index contributed by atoms with van der Waals surface area (Å²) in [5, 5.41) is 0. The van der Waals surface area contributed by atoms with Gasteiger partial charge in [0.15, 0.2) is 22.9 Å². The van der Waals surface area contributed by atoms with Gasteiger partial charge in [0.1, 0.15) is 11.0 Å². The topological polar surface area (TPSA) is 52.1 Å². The summed E-state index contributed by atoms with van der Waals surface area (Å²) in [6.45, 7) is 8.32. The zero-order valence-corrected chi connectivity index (χ0v) is 14.3. The van der Waals surface area contributed by atoms with Gasteiger partial charge < -0.3 is 8.83 Å². The molecule has 0 amide bonds. The number of nitrogens with zero attached hydrogens (tertiary/aromatic N) is 2. The van der Waals surface area contributed by atoms with E-state index in [1.165, 1.54) is 0 Å². The van der Waals surface area contributed by atoms with E-state index in [0.717, 1.165) is 45.1 Å². The number of hydrogen-bond donors (Lipinski definition) is 0. The standard InChI is InChI=1S/C20H20N2O2/c1-11(2)19-21-15-7-5-13(9-17(15)23-19)14-6-8-16-18(10-14)24-20(22-16)12(3)4/h5-12H,1-4H3. The van der Waals surface area contributed by atoms with Crippen molar-refractivity contribution < 1.29 is 8.83 Å². The van der Waals surface area contributed by atoms with Crippen LogP contribution in [-0.2, 0) is 0 Å². The monoisotopic (exact) mass is 320 g/mol. The number of fused-ring (bicyclic) bond motifs is 2. The molecule has 0 N–H and O–H groups in total. The summed E-state index contributed by atoms with van der Waals surface area (Å²) in [6, 6.07) is 12.2. The molecule has 24 heavy (non-hydrogen) atoms. The van der Waals surface area contributed by atoms with E-state index in [2.05, 4.69) is 49.8 Å². The Bertz CT molecular complexity index is 941. The van der Waals surface area contributed by atoms with Gasteiger partial charge in [0.2, 0.25) is 0 Å². The van der Waals surface area contributed by atoms with Crippen LogP contribution in [0.3, 0.4) is 0 Å². The minimum Gasteiger partial charge on any atom is -0.440 e. The Morgan fingerprint density at radius 1 is 0.667 bits per heavy atom. The third-order valence-electron chi connectivity index (χ3n) is 4.13. The normalized spacial score (nSPS) is 12.1. The molecule has 2 heterocycles. The largest absolute Gasteiger partial charge is 0.440 e. The van der Waals surface area contributed by atoms with Gasteiger partial charge in [0.25, 0.3) is 0 Å². The SMILES string of the molecule is CC(C)c1nc2ccc(-c3ccc4nc(C(C)C)oc4c3)cc2o1. The lowest BCUT2D eigenvalue weighted by atomic mass is 10.1. The molecule has 4 rings (SSSR count). The fourth-order valence-corrected chi connectivity index (χ4v) is 2.74. The summed E-state index contributed by atoms with van der Waals surface area (Å²) in [6.07, 6.45) is 0. The fraction of sp³-hybridized carbons (Fsp3) is 0.300. The first-order valence-electron chi connectivity index (χ1n) is 8.32. The average molecular weight is 320 g/mol. The molecular weight excluding hydrogens is 300 g/mol. The molecule has 2 aromatic carbocycles. The van der Waals surface area contributed by atoms with Crippen LogP contribution >= 0.6 is 0 Å². The molecule has 0 aliphatic heterocycles. The number of rotatable bonds is 3. The van der Waals surface area contributed by atoms with Crippen LogP contribution in [0.15, 0.2) is 45.2 Å². The van der Waals surface area contributed by atoms with Crippen LogP contribution in [0.1, 0.15) is 51.3 Å². The number of hydrogen-bond acceptors (Lipinski definition) is 4. The van der Waals surface area contributed by atoms with Crippen molar-refractivity contribution in [3.05, 3.63) is 48.2 Å². The second kappa shape index (κ2) is 5.48. The van der Waals surface area contributed by atoms with Crippen molar-refractivity contribution in [1.82, 2.24) is 9.97 Å². The third kappa shape index (κ3) is 2.48. The molecule has 0 saturated carbocycles. The Balaban J connectivity index is 1.79. The molecule has 0 atom stereocenters. The van der Waals surface area contributed by atoms with Crippen molar-refractivity contribution in [1.29, 1.82) is 0 Å². The molecular formula is C20H20N2O2. The summed E-state index contributed by atoms with van der Waals surface area (Å²) >= 11 is 0. The molecule has 0 radical (unpaired) electrons. The Kier molecular flexibility index (Phi) is 3.41. The smallest absolute Gasteiger partial charge is 0.198 e. The molecule has 0 bridgehead atoms. The quantitative estimate of drug-likeness (QED) is 0.473. The number of oxazole rings is 2. The fourth-order valence-electron chi connectivity index (χ4n) is 2.74. The summed E-state index contributed by atoms with van der Waals surface area (Å²) in [4.78, 5) is 9.05. The highest BCUT2D eigenvalue weighted by Crippen LogP contribution is 2.30. The van der Waals surface area contributed by atoms with E-state index in [-0.39, 0.29) is 11.8 Å². The van der Waals surface area contributed by atoms with E-state index in [4.69, 9.17) is 8.83 Å². The van der Waals surface area contributed by atoms with Crippen LogP contribution in [0.2, 0.25) is 0 Å². The van der Waals surface area contributed by atoms with Crippen LogP contribution in [0.4, 0.5) is 0 Å². The minimum absolute atomic E-state index is 0.279. The second-order valence-electron chi connectivity index (χ2n) is 6.78. The first kappa shape index (κ1) is 14.9. The van der Waals surface area contributed by atoms with Gasteiger partial charge in [-0.15, -0.1) is 0 Å². The van der Waals surface area contributed by atoms with Gasteiger partial charge in [-0.25, -0.2) is 9.97 Å². The Hall–Kier alpha value is -2.62. The minimum atomic E-state index is 0.279. The van der Waals surface area contributed by atoms with Crippen molar-refractivity contribution in [3.8, 4) is 11.1 Å². The lowest BCUT2D eigenvalue weighted by molar-refractivity contribution is 0.501. The van der Waals surface area contributed by atoms with E-state index in [1.807, 2.05) is 24.3 Å². The van der Waals surface area contributed by atoms with Gasteiger partial charge in [-0.05, 0) is 35.4 Å². The van der Waals surface area contributed by atoms with Gasteiger partial charge in [-0.3, -0.25) is 0 Å². The summed E-state index contributed by atoms with van der Waals surface area (Å²) in [5.41, 5.74) is 5.58. The zero-order chi connectivity index (χ0) is 16.8. The highest BCUT2D eigenvalue weighted by molar-refractivity contribution is 5.84. The lowest BCUT2D eigenvalue weighted by Crippen LogP contribution is -1.84. The number of benzene rings is 2. The van der Waals surface area contributed by atoms with Crippen LogP contribution in [0, 0.1) is 0 Å². The summed E-state index contributed by atoms with van der Waals surface area (Å²) in [5.74, 6) is 2.10. The molecule has 2 aromatic heterocycles. The lowest BCUT2D eigenvalue weighted by Gasteiger charge is -2.00. The Morgan fingerprint density at radius 3 is 1.46 bits per heavy atom. The van der Waals surface area contributed by atoms with Crippen molar-refractivity contribution in [2.45, 2.75) is 39.5 Å². The predicted octanol–water partition coefficient (Wildman–Crippen LogP) is 5.88. The molecule has 0 fully saturated rings. The average Bonchev–Trinajstić information content (AvgIpc) is 3.17. The van der Waals surface area contributed by atoms with Gasteiger partial charge in [0.05, 0.1) is 0 Å². The van der Waals surface area contributed by atoms with Gasteiger partial charge in [-0.1, -0.05) is 39.8 Å². The molecule has 4 heteroatoms. The predicted molar refractivity (Wildman–Crippen MR) is 95.2 cm³/mol. The maximum absolute atomic E-state index is 5.87. The van der Waals surface area contributed by atoms with Crippen molar-refractivity contribution in [2.75, 3.05) is 0 Å².